The van der Waals surface area contributed by atoms with Gasteiger partial charge in [0.05, 0.1) is 6.61 Å². The molecule has 1 atom stereocenters. The fourth-order valence-electron chi connectivity index (χ4n) is 2.51. The number of pyridine rings is 1. The molecule has 2 rings (SSSR count). The molecule has 1 aliphatic heterocycles. The molecule has 1 aromatic heterocycles. The first kappa shape index (κ1) is 16.2. The third-order valence-corrected chi connectivity index (χ3v) is 3.78. The van der Waals surface area contributed by atoms with Crippen molar-refractivity contribution in [2.45, 2.75) is 6.42 Å². The van der Waals surface area contributed by atoms with Crippen LogP contribution in [0.2, 0.25) is 0 Å². The van der Waals surface area contributed by atoms with E-state index in [1.807, 2.05) is 0 Å². The quantitative estimate of drug-likeness (QED) is 0.776. The summed E-state index contributed by atoms with van der Waals surface area (Å²) in [5.41, 5.74) is -0.213. The molecule has 0 bridgehead atoms. The molecule has 7 heteroatoms. The summed E-state index contributed by atoms with van der Waals surface area (Å²) in [5.74, 6) is -0.253. The van der Waals surface area contributed by atoms with Gasteiger partial charge in [-0.3, -0.25) is 14.4 Å². The van der Waals surface area contributed by atoms with Gasteiger partial charge in [0.25, 0.3) is 11.5 Å². The SMILES string of the molecule is COCCN1C[C@H](CNC(=O)c2cccn(C)c2=O)CC1=O. The maximum atomic E-state index is 12.1. The van der Waals surface area contributed by atoms with Gasteiger partial charge in [-0.2, -0.15) is 0 Å². The first-order chi connectivity index (χ1) is 10.5. The first-order valence-corrected chi connectivity index (χ1v) is 7.23. The largest absolute Gasteiger partial charge is 0.383 e. The second kappa shape index (κ2) is 7.22. The number of carbonyl (C=O) groups excluding carboxylic acids is 2. The smallest absolute Gasteiger partial charge is 0.263 e. The van der Waals surface area contributed by atoms with E-state index >= 15 is 0 Å². The van der Waals surface area contributed by atoms with E-state index in [1.54, 1.807) is 31.3 Å². The minimum absolute atomic E-state index is 0.0703. The predicted octanol–water partition coefficient (Wildman–Crippen LogP) is -0.390. The Labute approximate surface area is 128 Å². The highest BCUT2D eigenvalue weighted by Crippen LogP contribution is 2.16. The number of aromatic nitrogens is 1. The molecule has 0 unspecified atom stereocenters. The van der Waals surface area contributed by atoms with Crippen molar-refractivity contribution in [3.05, 3.63) is 34.2 Å². The molecule has 7 nitrogen and oxygen atoms in total. The number of nitrogens with one attached hydrogen (secondary N) is 1. The molecule has 0 spiro atoms. The average molecular weight is 307 g/mol. The second-order valence-electron chi connectivity index (χ2n) is 5.45. The molecule has 120 valence electrons. The number of methoxy groups -OCH3 is 1. The number of carbonyl (C=O) groups is 2. The summed E-state index contributed by atoms with van der Waals surface area (Å²) in [6.07, 6.45) is 2.01. The third-order valence-electron chi connectivity index (χ3n) is 3.78. The van der Waals surface area contributed by atoms with Crippen LogP contribution in [0.5, 0.6) is 0 Å². The fourth-order valence-corrected chi connectivity index (χ4v) is 2.51. The maximum absolute atomic E-state index is 12.1. The second-order valence-corrected chi connectivity index (χ2v) is 5.45. The maximum Gasteiger partial charge on any atom is 0.263 e. The van der Waals surface area contributed by atoms with Crippen LogP contribution >= 0.6 is 0 Å². The van der Waals surface area contributed by atoms with Crippen molar-refractivity contribution in [3.8, 4) is 0 Å². The van der Waals surface area contributed by atoms with Crippen LogP contribution in [0.1, 0.15) is 16.8 Å². The molecule has 0 radical (unpaired) electrons. The molecule has 1 fully saturated rings. The summed E-state index contributed by atoms with van der Waals surface area (Å²) >= 11 is 0. The molecule has 1 saturated heterocycles. The lowest BCUT2D eigenvalue weighted by Crippen LogP contribution is -2.35. The summed E-state index contributed by atoms with van der Waals surface area (Å²) in [6.45, 7) is 2.06. The van der Waals surface area contributed by atoms with Crippen LogP contribution in [0.15, 0.2) is 23.1 Å². The van der Waals surface area contributed by atoms with E-state index in [-0.39, 0.29) is 22.9 Å². The normalized spacial score (nSPS) is 17.8. The Kier molecular flexibility index (Phi) is 5.32. The van der Waals surface area contributed by atoms with Gasteiger partial charge in [0.15, 0.2) is 0 Å². The highest BCUT2D eigenvalue weighted by molar-refractivity contribution is 5.93. The van der Waals surface area contributed by atoms with Crippen LogP contribution in [-0.4, -0.2) is 54.6 Å². The van der Waals surface area contributed by atoms with E-state index in [0.29, 0.717) is 32.7 Å². The monoisotopic (exact) mass is 307 g/mol. The predicted molar refractivity (Wildman–Crippen MR) is 80.6 cm³/mol. The third kappa shape index (κ3) is 3.73. The van der Waals surface area contributed by atoms with Crippen LogP contribution < -0.4 is 10.9 Å². The zero-order chi connectivity index (χ0) is 16.1. The molecule has 2 amide bonds. The number of hydrogen-bond donors (Lipinski definition) is 1. The number of hydrogen-bond acceptors (Lipinski definition) is 4. The summed E-state index contributed by atoms with van der Waals surface area (Å²) in [4.78, 5) is 37.5. The lowest BCUT2D eigenvalue weighted by atomic mass is 10.1. The summed E-state index contributed by atoms with van der Waals surface area (Å²) in [7, 11) is 3.20. The lowest BCUT2D eigenvalue weighted by molar-refractivity contribution is -0.128. The number of likely N-dealkylation sites (tertiary alicyclic amines) is 1. The number of aryl methyl sites for hydroxylation is 1. The Morgan fingerprint density at radius 3 is 2.95 bits per heavy atom. The minimum Gasteiger partial charge on any atom is -0.383 e. The van der Waals surface area contributed by atoms with E-state index in [9.17, 15) is 14.4 Å². The molecule has 0 aromatic carbocycles. The van der Waals surface area contributed by atoms with Crippen LogP contribution in [0, 0.1) is 5.92 Å². The van der Waals surface area contributed by atoms with Crippen molar-refractivity contribution in [2.24, 2.45) is 13.0 Å². The average Bonchev–Trinajstić information content (AvgIpc) is 2.85. The van der Waals surface area contributed by atoms with Crippen molar-refractivity contribution in [3.63, 3.8) is 0 Å². The van der Waals surface area contributed by atoms with Gasteiger partial charge in [-0.1, -0.05) is 0 Å². The molecule has 1 aromatic rings. The molecule has 1 aliphatic rings. The van der Waals surface area contributed by atoms with Crippen LogP contribution in [0.4, 0.5) is 0 Å². The summed E-state index contributed by atoms with van der Waals surface area (Å²) < 4.78 is 6.33. The Bertz CT molecular complexity index is 611. The lowest BCUT2D eigenvalue weighted by Gasteiger charge is -2.16. The number of nitrogens with zero attached hydrogens (tertiary/aromatic N) is 2. The van der Waals surface area contributed by atoms with Crippen molar-refractivity contribution in [1.29, 1.82) is 0 Å². The van der Waals surface area contributed by atoms with Crippen molar-refractivity contribution in [2.75, 3.05) is 33.4 Å². The molecular formula is C15H21N3O4. The van der Waals surface area contributed by atoms with E-state index < -0.39 is 5.91 Å². The van der Waals surface area contributed by atoms with Gasteiger partial charge in [-0.05, 0) is 12.1 Å². The van der Waals surface area contributed by atoms with Crippen LogP contribution in [-0.2, 0) is 16.6 Å². The fraction of sp³-hybridized carbons (Fsp3) is 0.533. The zero-order valence-electron chi connectivity index (χ0n) is 12.9. The Hall–Kier alpha value is -2.15. The summed E-state index contributed by atoms with van der Waals surface area (Å²) in [6, 6.07) is 3.16. The van der Waals surface area contributed by atoms with Gasteiger partial charge in [0, 0.05) is 52.3 Å². The highest BCUT2D eigenvalue weighted by atomic mass is 16.5. The van der Waals surface area contributed by atoms with Crippen molar-refractivity contribution < 1.29 is 14.3 Å². The van der Waals surface area contributed by atoms with Crippen LogP contribution in [0.3, 0.4) is 0 Å². The molecule has 22 heavy (non-hydrogen) atoms. The Balaban J connectivity index is 1.88. The van der Waals surface area contributed by atoms with Gasteiger partial charge in [-0.25, -0.2) is 0 Å². The Morgan fingerprint density at radius 1 is 1.45 bits per heavy atom. The van der Waals surface area contributed by atoms with Crippen LogP contribution in [0.25, 0.3) is 0 Å². The van der Waals surface area contributed by atoms with Gasteiger partial charge in [0.2, 0.25) is 5.91 Å². The Morgan fingerprint density at radius 2 is 2.23 bits per heavy atom. The van der Waals surface area contributed by atoms with E-state index in [1.165, 1.54) is 10.6 Å². The molecule has 2 heterocycles. The number of rotatable bonds is 6. The standard InChI is InChI=1S/C15H21N3O4/c1-17-5-3-4-12(15(17)21)14(20)16-9-11-8-13(19)18(10-11)6-7-22-2/h3-5,11H,6-10H2,1-2H3,(H,16,20)/t11-/m0/s1. The minimum atomic E-state index is -0.399. The van der Waals surface area contributed by atoms with Gasteiger partial charge in [0.1, 0.15) is 5.56 Å². The van der Waals surface area contributed by atoms with Gasteiger partial charge < -0.3 is 19.5 Å². The molecule has 0 saturated carbocycles. The zero-order valence-corrected chi connectivity index (χ0v) is 12.9. The van der Waals surface area contributed by atoms with Crippen molar-refractivity contribution in [1.82, 2.24) is 14.8 Å². The molecule has 1 N–H and O–H groups in total. The van der Waals surface area contributed by atoms with E-state index in [2.05, 4.69) is 5.32 Å². The number of ether oxygens (including phenoxy) is 1. The highest BCUT2D eigenvalue weighted by Gasteiger charge is 2.29. The molecule has 0 aliphatic carbocycles. The van der Waals surface area contributed by atoms with Gasteiger partial charge >= 0.3 is 0 Å². The molecular weight excluding hydrogens is 286 g/mol. The number of amides is 2. The van der Waals surface area contributed by atoms with E-state index in [0.717, 1.165) is 0 Å². The topological polar surface area (TPSA) is 80.6 Å². The van der Waals surface area contributed by atoms with E-state index in [4.69, 9.17) is 4.74 Å². The van der Waals surface area contributed by atoms with Gasteiger partial charge in [-0.15, -0.1) is 0 Å². The summed E-state index contributed by atoms with van der Waals surface area (Å²) in [5, 5.41) is 2.74. The first-order valence-electron chi connectivity index (χ1n) is 7.23. The van der Waals surface area contributed by atoms with Crippen molar-refractivity contribution >= 4 is 11.8 Å².